The van der Waals surface area contributed by atoms with Gasteiger partial charge in [-0.3, -0.25) is 4.79 Å². The van der Waals surface area contributed by atoms with Gasteiger partial charge in [0.15, 0.2) is 0 Å². The van der Waals surface area contributed by atoms with Crippen LogP contribution in [0.4, 0.5) is 11.4 Å². The van der Waals surface area contributed by atoms with Crippen molar-refractivity contribution in [3.05, 3.63) is 18.2 Å². The number of carbonyl (C=O) groups is 1. The minimum atomic E-state index is 0.0910. The highest BCUT2D eigenvalue weighted by Gasteiger charge is 2.17. The third-order valence-corrected chi connectivity index (χ3v) is 4.63. The van der Waals surface area contributed by atoms with Crippen molar-refractivity contribution in [2.75, 3.05) is 29.5 Å². The number of fused-ring (bicyclic) bond motifs is 1. The van der Waals surface area contributed by atoms with Gasteiger partial charge in [-0.15, -0.1) is 11.8 Å². The van der Waals surface area contributed by atoms with Crippen molar-refractivity contribution in [3.63, 3.8) is 0 Å². The molecule has 3 rings (SSSR count). The van der Waals surface area contributed by atoms with Gasteiger partial charge in [0.1, 0.15) is 0 Å². The average Bonchev–Trinajstić information content (AvgIpc) is 2.67. The predicted molar refractivity (Wildman–Crippen MR) is 79.9 cm³/mol. The fourth-order valence-electron chi connectivity index (χ4n) is 2.57. The molecule has 5 heteroatoms. The Kier molecular flexibility index (Phi) is 3.94. The highest BCUT2D eigenvalue weighted by molar-refractivity contribution is 8.00. The number of amides is 1. The summed E-state index contributed by atoms with van der Waals surface area (Å²) in [4.78, 5) is 12.6. The fourth-order valence-corrected chi connectivity index (χ4v) is 3.36. The van der Waals surface area contributed by atoms with Crippen molar-refractivity contribution in [2.24, 2.45) is 0 Å². The van der Waals surface area contributed by atoms with Crippen LogP contribution < -0.4 is 16.0 Å². The van der Waals surface area contributed by atoms with E-state index in [2.05, 4.69) is 34.1 Å². The molecule has 1 aromatic carbocycles. The molecule has 1 amide bonds. The zero-order chi connectivity index (χ0) is 13.1. The maximum atomic E-state index is 11.4. The van der Waals surface area contributed by atoms with Crippen LogP contribution in [0.3, 0.4) is 0 Å². The summed E-state index contributed by atoms with van der Waals surface area (Å²) in [6.07, 6.45) is 3.57. The number of rotatable bonds is 2. The third-order valence-electron chi connectivity index (χ3n) is 3.56. The van der Waals surface area contributed by atoms with Crippen LogP contribution in [0.25, 0.3) is 0 Å². The van der Waals surface area contributed by atoms with Gasteiger partial charge in [0.25, 0.3) is 0 Å². The van der Waals surface area contributed by atoms with Gasteiger partial charge in [0, 0.05) is 16.6 Å². The van der Waals surface area contributed by atoms with Gasteiger partial charge in [0.05, 0.1) is 11.4 Å². The minimum Gasteiger partial charge on any atom is -0.382 e. The summed E-state index contributed by atoms with van der Waals surface area (Å²) < 4.78 is 0. The molecule has 1 unspecified atom stereocenters. The van der Waals surface area contributed by atoms with Gasteiger partial charge in [0.2, 0.25) is 5.91 Å². The van der Waals surface area contributed by atoms with Crippen molar-refractivity contribution >= 4 is 29.0 Å². The zero-order valence-corrected chi connectivity index (χ0v) is 11.7. The molecule has 2 aliphatic rings. The molecular formula is C14H19N3OS. The Labute approximate surface area is 117 Å². The van der Waals surface area contributed by atoms with Crippen LogP contribution in [0.2, 0.25) is 0 Å². The largest absolute Gasteiger partial charge is 0.382 e. The molecule has 0 saturated carbocycles. The highest BCUT2D eigenvalue weighted by atomic mass is 32.2. The lowest BCUT2D eigenvalue weighted by Crippen LogP contribution is -2.22. The molecule has 102 valence electrons. The van der Waals surface area contributed by atoms with Gasteiger partial charge in [-0.2, -0.15) is 0 Å². The van der Waals surface area contributed by atoms with Gasteiger partial charge in [-0.05, 0) is 50.6 Å². The molecule has 3 N–H and O–H groups in total. The van der Waals surface area contributed by atoms with E-state index in [1.807, 2.05) is 0 Å². The van der Waals surface area contributed by atoms with Crippen LogP contribution in [-0.4, -0.2) is 30.8 Å². The summed E-state index contributed by atoms with van der Waals surface area (Å²) in [6.45, 7) is 2.20. The first-order chi connectivity index (χ1) is 9.31. The quantitative estimate of drug-likeness (QED) is 0.776. The van der Waals surface area contributed by atoms with Crippen molar-refractivity contribution in [1.82, 2.24) is 5.32 Å². The van der Waals surface area contributed by atoms with E-state index in [4.69, 9.17) is 0 Å². The van der Waals surface area contributed by atoms with Crippen LogP contribution in [0.15, 0.2) is 23.1 Å². The first-order valence-electron chi connectivity index (χ1n) is 6.85. The second-order valence-corrected chi connectivity index (χ2v) is 6.09. The SMILES string of the molecule is O=C1CSc2ccc(NC3CCCNCC3)cc2N1. The Hall–Kier alpha value is -1.20. The molecule has 0 aliphatic carbocycles. The van der Waals surface area contributed by atoms with Gasteiger partial charge in [-0.25, -0.2) is 0 Å². The zero-order valence-electron chi connectivity index (χ0n) is 10.9. The standard InChI is InChI=1S/C14H19N3OS/c18-14-9-19-13-4-3-11(8-12(13)17-14)16-10-2-1-6-15-7-5-10/h3-4,8,10,15-16H,1-2,5-7,9H2,(H,17,18). The summed E-state index contributed by atoms with van der Waals surface area (Å²) in [5, 5.41) is 9.94. The number of hydrogen-bond donors (Lipinski definition) is 3. The molecular weight excluding hydrogens is 258 g/mol. The van der Waals surface area contributed by atoms with Crippen LogP contribution in [0, 0.1) is 0 Å². The van der Waals surface area contributed by atoms with Gasteiger partial charge in [-0.1, -0.05) is 0 Å². The van der Waals surface area contributed by atoms with E-state index in [0.29, 0.717) is 11.8 Å². The van der Waals surface area contributed by atoms with E-state index >= 15 is 0 Å². The fraction of sp³-hybridized carbons (Fsp3) is 0.500. The lowest BCUT2D eigenvalue weighted by Gasteiger charge is -2.21. The van der Waals surface area contributed by atoms with E-state index in [9.17, 15) is 4.79 Å². The lowest BCUT2D eigenvalue weighted by atomic mass is 10.1. The molecule has 1 fully saturated rings. The smallest absolute Gasteiger partial charge is 0.234 e. The maximum Gasteiger partial charge on any atom is 0.234 e. The summed E-state index contributed by atoms with van der Waals surface area (Å²) in [7, 11) is 0. The molecule has 1 aromatic rings. The third kappa shape index (κ3) is 3.22. The Morgan fingerprint density at radius 2 is 2.21 bits per heavy atom. The van der Waals surface area contributed by atoms with E-state index < -0.39 is 0 Å². The van der Waals surface area contributed by atoms with Crippen LogP contribution in [0.1, 0.15) is 19.3 Å². The van der Waals surface area contributed by atoms with Crippen LogP contribution in [0.5, 0.6) is 0 Å². The summed E-state index contributed by atoms with van der Waals surface area (Å²) in [5.74, 6) is 0.613. The number of carbonyl (C=O) groups excluding carboxylic acids is 1. The average molecular weight is 277 g/mol. The minimum absolute atomic E-state index is 0.0910. The molecule has 1 atom stereocenters. The topological polar surface area (TPSA) is 53.2 Å². The molecule has 4 nitrogen and oxygen atoms in total. The number of anilines is 2. The Morgan fingerprint density at radius 3 is 3.16 bits per heavy atom. The highest BCUT2D eigenvalue weighted by Crippen LogP contribution is 2.33. The molecule has 0 radical (unpaired) electrons. The summed E-state index contributed by atoms with van der Waals surface area (Å²) >= 11 is 1.61. The number of nitrogens with one attached hydrogen (secondary N) is 3. The first-order valence-corrected chi connectivity index (χ1v) is 7.84. The number of thioether (sulfide) groups is 1. The van der Waals surface area contributed by atoms with E-state index in [0.717, 1.165) is 35.8 Å². The van der Waals surface area contributed by atoms with Crippen molar-refractivity contribution in [2.45, 2.75) is 30.2 Å². The number of hydrogen-bond acceptors (Lipinski definition) is 4. The summed E-state index contributed by atoms with van der Waals surface area (Å²) in [5.41, 5.74) is 2.05. The predicted octanol–water partition coefficient (Wildman–Crippen LogP) is 2.28. The molecule has 2 heterocycles. The Morgan fingerprint density at radius 1 is 1.26 bits per heavy atom. The van der Waals surface area contributed by atoms with Crippen molar-refractivity contribution < 1.29 is 4.79 Å². The first kappa shape index (κ1) is 12.8. The lowest BCUT2D eigenvalue weighted by molar-refractivity contribution is -0.113. The van der Waals surface area contributed by atoms with E-state index in [1.165, 1.54) is 12.8 Å². The molecule has 1 saturated heterocycles. The summed E-state index contributed by atoms with van der Waals surface area (Å²) in [6, 6.07) is 6.79. The second kappa shape index (κ2) is 5.84. The van der Waals surface area contributed by atoms with Gasteiger partial charge < -0.3 is 16.0 Å². The van der Waals surface area contributed by atoms with Crippen molar-refractivity contribution in [1.29, 1.82) is 0 Å². The monoisotopic (exact) mass is 277 g/mol. The Bertz CT molecular complexity index is 470. The molecule has 2 aliphatic heterocycles. The normalized spacial score (nSPS) is 23.2. The maximum absolute atomic E-state index is 11.4. The molecule has 19 heavy (non-hydrogen) atoms. The number of benzene rings is 1. The van der Waals surface area contributed by atoms with E-state index in [-0.39, 0.29) is 5.91 Å². The Balaban J connectivity index is 1.71. The molecule has 0 bridgehead atoms. The van der Waals surface area contributed by atoms with Crippen LogP contribution in [-0.2, 0) is 4.79 Å². The van der Waals surface area contributed by atoms with Gasteiger partial charge >= 0.3 is 0 Å². The second-order valence-electron chi connectivity index (χ2n) is 5.07. The molecule has 0 aromatic heterocycles. The van der Waals surface area contributed by atoms with Crippen LogP contribution >= 0.6 is 11.8 Å². The molecule has 0 spiro atoms. The van der Waals surface area contributed by atoms with E-state index in [1.54, 1.807) is 11.8 Å². The van der Waals surface area contributed by atoms with Crippen molar-refractivity contribution in [3.8, 4) is 0 Å².